The van der Waals surface area contributed by atoms with E-state index >= 15 is 0 Å². The van der Waals surface area contributed by atoms with Crippen molar-refractivity contribution < 1.29 is 9.53 Å². The summed E-state index contributed by atoms with van der Waals surface area (Å²) < 4.78 is 5.46. The number of carbonyl (C=O) groups excluding carboxylic acids is 1. The molecule has 3 N–H and O–H groups in total. The zero-order chi connectivity index (χ0) is 12.8. The fourth-order valence-corrected chi connectivity index (χ4v) is 1.58. The Bertz CT molecular complexity index is 388. The zero-order valence-corrected chi connectivity index (χ0v) is 10.4. The van der Waals surface area contributed by atoms with Crippen LogP contribution >= 0.6 is 0 Å². The molecular formula is C13H19N3O2. The Morgan fingerprint density at radius 1 is 1.50 bits per heavy atom. The molecule has 0 spiro atoms. The molecule has 0 unspecified atom stereocenters. The average Bonchev–Trinajstić information content (AvgIpc) is 3.16. The molecule has 18 heavy (non-hydrogen) atoms. The highest BCUT2D eigenvalue weighted by atomic mass is 16.5. The minimum atomic E-state index is 0.0604. The number of ether oxygens (including phenoxy) is 1. The normalized spacial score (nSPS) is 14.3. The minimum absolute atomic E-state index is 0.0604. The van der Waals surface area contributed by atoms with Crippen LogP contribution in [-0.4, -0.2) is 30.1 Å². The van der Waals surface area contributed by atoms with Gasteiger partial charge in [-0.05, 0) is 31.5 Å². The molecule has 1 amide bonds. The number of aromatic nitrogens is 1. The number of hydrogen-bond donors (Lipinski definition) is 2. The molecule has 0 aliphatic heterocycles. The van der Waals surface area contributed by atoms with Crippen LogP contribution in [-0.2, 0) is 11.2 Å². The molecule has 0 atom stereocenters. The number of carbonyl (C=O) groups is 1. The van der Waals surface area contributed by atoms with Gasteiger partial charge in [-0.1, -0.05) is 0 Å². The van der Waals surface area contributed by atoms with E-state index in [4.69, 9.17) is 10.5 Å². The largest absolute Gasteiger partial charge is 0.491 e. The molecule has 0 aromatic carbocycles. The molecule has 1 fully saturated rings. The topological polar surface area (TPSA) is 77.2 Å². The smallest absolute Gasteiger partial charge is 0.223 e. The van der Waals surface area contributed by atoms with Crippen LogP contribution in [0.1, 0.15) is 25.0 Å². The van der Waals surface area contributed by atoms with Crippen molar-refractivity contribution in [3.63, 3.8) is 0 Å². The third kappa shape index (κ3) is 4.33. The van der Waals surface area contributed by atoms with Gasteiger partial charge in [-0.3, -0.25) is 9.78 Å². The van der Waals surface area contributed by atoms with Crippen molar-refractivity contribution in [3.05, 3.63) is 24.0 Å². The van der Waals surface area contributed by atoms with Crippen molar-refractivity contribution >= 4 is 5.91 Å². The van der Waals surface area contributed by atoms with Crippen LogP contribution in [0.2, 0.25) is 0 Å². The Balaban J connectivity index is 1.67. The van der Waals surface area contributed by atoms with Gasteiger partial charge in [-0.15, -0.1) is 0 Å². The molecule has 0 bridgehead atoms. The molecule has 1 aromatic heterocycles. The van der Waals surface area contributed by atoms with Crippen molar-refractivity contribution in [1.29, 1.82) is 0 Å². The number of nitrogens with two attached hydrogens (primary N) is 1. The van der Waals surface area contributed by atoms with Gasteiger partial charge < -0.3 is 15.8 Å². The summed E-state index contributed by atoms with van der Waals surface area (Å²) in [4.78, 5) is 15.6. The molecule has 1 heterocycles. The summed E-state index contributed by atoms with van der Waals surface area (Å²) in [5, 5.41) is 2.92. The third-order valence-electron chi connectivity index (χ3n) is 2.74. The molecule has 1 saturated carbocycles. The molecule has 1 aromatic rings. The standard InChI is InChI=1S/C13H19N3O2/c14-7-5-10-3-4-12(9-15-10)18-8-6-13(17)16-11-1-2-11/h3-4,9,11H,1-2,5-8,14H2,(H,16,17). The zero-order valence-electron chi connectivity index (χ0n) is 10.4. The molecule has 1 aliphatic rings. The SMILES string of the molecule is NCCc1ccc(OCCC(=O)NC2CC2)cn1. The fraction of sp³-hybridized carbons (Fsp3) is 0.538. The van der Waals surface area contributed by atoms with E-state index in [1.165, 1.54) is 0 Å². The van der Waals surface area contributed by atoms with Crippen LogP contribution in [0.4, 0.5) is 0 Å². The molecular weight excluding hydrogens is 230 g/mol. The van der Waals surface area contributed by atoms with E-state index in [1.54, 1.807) is 6.20 Å². The summed E-state index contributed by atoms with van der Waals surface area (Å²) >= 11 is 0. The van der Waals surface area contributed by atoms with Crippen LogP contribution < -0.4 is 15.8 Å². The van der Waals surface area contributed by atoms with Gasteiger partial charge in [0.2, 0.25) is 5.91 Å². The van der Waals surface area contributed by atoms with E-state index in [9.17, 15) is 4.79 Å². The summed E-state index contributed by atoms with van der Waals surface area (Å²) in [6.07, 6.45) is 5.05. The lowest BCUT2D eigenvalue weighted by Gasteiger charge is -2.06. The second-order valence-electron chi connectivity index (χ2n) is 4.46. The number of nitrogens with zero attached hydrogens (tertiary/aromatic N) is 1. The number of nitrogens with one attached hydrogen (secondary N) is 1. The van der Waals surface area contributed by atoms with E-state index in [0.717, 1.165) is 25.0 Å². The first-order valence-corrected chi connectivity index (χ1v) is 6.35. The Kier molecular flexibility index (Phi) is 4.52. The predicted molar refractivity (Wildman–Crippen MR) is 68.3 cm³/mol. The van der Waals surface area contributed by atoms with Crippen LogP contribution in [0, 0.1) is 0 Å². The second-order valence-corrected chi connectivity index (χ2v) is 4.46. The molecule has 0 radical (unpaired) electrons. The van der Waals surface area contributed by atoms with Crippen LogP contribution in [0.25, 0.3) is 0 Å². The minimum Gasteiger partial charge on any atom is -0.491 e. The summed E-state index contributed by atoms with van der Waals surface area (Å²) in [5.74, 6) is 0.750. The lowest BCUT2D eigenvalue weighted by molar-refractivity contribution is -0.121. The summed E-state index contributed by atoms with van der Waals surface area (Å²) in [6, 6.07) is 4.16. The Morgan fingerprint density at radius 3 is 2.94 bits per heavy atom. The van der Waals surface area contributed by atoms with Crippen molar-refractivity contribution in [2.75, 3.05) is 13.2 Å². The monoisotopic (exact) mass is 249 g/mol. The molecule has 1 aliphatic carbocycles. The summed E-state index contributed by atoms with van der Waals surface area (Å²) in [6.45, 7) is 0.977. The third-order valence-corrected chi connectivity index (χ3v) is 2.74. The first-order valence-electron chi connectivity index (χ1n) is 6.35. The van der Waals surface area contributed by atoms with Gasteiger partial charge in [0.15, 0.2) is 0 Å². The van der Waals surface area contributed by atoms with Crippen molar-refractivity contribution in [3.8, 4) is 5.75 Å². The van der Waals surface area contributed by atoms with Crippen molar-refractivity contribution in [1.82, 2.24) is 10.3 Å². The van der Waals surface area contributed by atoms with E-state index in [2.05, 4.69) is 10.3 Å². The van der Waals surface area contributed by atoms with Gasteiger partial charge in [0.05, 0.1) is 19.2 Å². The first kappa shape index (κ1) is 12.8. The Morgan fingerprint density at radius 2 is 2.33 bits per heavy atom. The van der Waals surface area contributed by atoms with Gasteiger partial charge in [-0.25, -0.2) is 0 Å². The molecule has 2 rings (SSSR count). The fourth-order valence-electron chi connectivity index (χ4n) is 1.58. The van der Waals surface area contributed by atoms with E-state index in [0.29, 0.717) is 31.4 Å². The highest BCUT2D eigenvalue weighted by molar-refractivity contribution is 5.76. The highest BCUT2D eigenvalue weighted by Crippen LogP contribution is 2.18. The van der Waals surface area contributed by atoms with Crippen LogP contribution in [0.5, 0.6) is 5.75 Å². The summed E-state index contributed by atoms with van der Waals surface area (Å²) in [5.41, 5.74) is 6.40. The quantitative estimate of drug-likeness (QED) is 0.743. The average molecular weight is 249 g/mol. The maximum atomic E-state index is 11.4. The lowest BCUT2D eigenvalue weighted by Crippen LogP contribution is -2.26. The van der Waals surface area contributed by atoms with Gasteiger partial charge in [-0.2, -0.15) is 0 Å². The van der Waals surface area contributed by atoms with E-state index < -0.39 is 0 Å². The first-order chi connectivity index (χ1) is 8.78. The molecule has 5 nitrogen and oxygen atoms in total. The maximum absolute atomic E-state index is 11.4. The molecule has 5 heteroatoms. The second kappa shape index (κ2) is 6.35. The van der Waals surface area contributed by atoms with E-state index in [-0.39, 0.29) is 5.91 Å². The van der Waals surface area contributed by atoms with Gasteiger partial charge >= 0.3 is 0 Å². The Hall–Kier alpha value is -1.62. The predicted octanol–water partition coefficient (Wildman–Crippen LogP) is 0.630. The number of amides is 1. The lowest BCUT2D eigenvalue weighted by atomic mass is 10.3. The number of rotatable bonds is 7. The van der Waals surface area contributed by atoms with Crippen molar-refractivity contribution in [2.24, 2.45) is 5.73 Å². The maximum Gasteiger partial charge on any atom is 0.223 e. The number of hydrogen-bond acceptors (Lipinski definition) is 4. The molecule has 0 saturated heterocycles. The van der Waals surface area contributed by atoms with Gasteiger partial charge in [0.1, 0.15) is 5.75 Å². The van der Waals surface area contributed by atoms with Crippen LogP contribution in [0.3, 0.4) is 0 Å². The van der Waals surface area contributed by atoms with Crippen molar-refractivity contribution in [2.45, 2.75) is 31.7 Å². The van der Waals surface area contributed by atoms with E-state index in [1.807, 2.05) is 12.1 Å². The van der Waals surface area contributed by atoms with Crippen LogP contribution in [0.15, 0.2) is 18.3 Å². The number of pyridine rings is 1. The highest BCUT2D eigenvalue weighted by Gasteiger charge is 2.22. The van der Waals surface area contributed by atoms with Gasteiger partial charge in [0, 0.05) is 18.2 Å². The Labute approximate surface area is 107 Å². The summed E-state index contributed by atoms with van der Waals surface area (Å²) in [7, 11) is 0. The van der Waals surface area contributed by atoms with Gasteiger partial charge in [0.25, 0.3) is 0 Å². The molecule has 98 valence electrons.